The second kappa shape index (κ2) is 14.3. The van der Waals surface area contributed by atoms with Crippen molar-refractivity contribution in [1.29, 1.82) is 0 Å². The molecule has 0 amide bonds. The minimum Gasteiger partial charge on any atom is -1.00 e. The van der Waals surface area contributed by atoms with Crippen LogP contribution in [0.2, 0.25) is 0 Å². The molecule has 1 aromatic rings. The summed E-state index contributed by atoms with van der Waals surface area (Å²) in [5, 5.41) is 0. The van der Waals surface area contributed by atoms with Gasteiger partial charge < -0.3 is 1.43 Å². The zero-order valence-electron chi connectivity index (χ0n) is 16.7. The standard InChI is InChI=1S/C19H32O3S.Na.H/c1-3-4-5-6-7-8-9-10-11-14-17-22-23(20,21)19-16-13-12-15-18(19)2;;/h12-13,15-16H,3-11,14,17H2,1-2H3;;/q;+1;-1. The molecule has 0 aromatic heterocycles. The van der Waals surface area contributed by atoms with Gasteiger partial charge in [-0.05, 0) is 25.0 Å². The molecular formula is C19H33NaO3S. The van der Waals surface area contributed by atoms with E-state index in [2.05, 4.69) is 6.92 Å². The molecular weight excluding hydrogens is 331 g/mol. The summed E-state index contributed by atoms with van der Waals surface area (Å²) in [6, 6.07) is 6.94. The SMILES string of the molecule is CCCCCCCCCCCCOS(=O)(=O)c1ccccc1C.[H-].[Na+]. The molecule has 0 saturated heterocycles. The molecule has 24 heavy (non-hydrogen) atoms. The molecule has 0 aliphatic heterocycles. The van der Waals surface area contributed by atoms with Crippen molar-refractivity contribution in [1.82, 2.24) is 0 Å². The van der Waals surface area contributed by atoms with Crippen molar-refractivity contribution in [2.75, 3.05) is 6.61 Å². The maximum atomic E-state index is 12.1. The predicted octanol–water partition coefficient (Wildman–Crippen LogP) is 2.74. The summed E-state index contributed by atoms with van der Waals surface area (Å²) in [7, 11) is -3.60. The third kappa shape index (κ3) is 10.2. The van der Waals surface area contributed by atoms with Crippen LogP contribution in [-0.4, -0.2) is 15.0 Å². The van der Waals surface area contributed by atoms with E-state index in [0.717, 1.165) is 18.4 Å². The van der Waals surface area contributed by atoms with E-state index >= 15 is 0 Å². The number of hydrogen-bond acceptors (Lipinski definition) is 3. The van der Waals surface area contributed by atoms with Crippen molar-refractivity contribution < 1.29 is 43.6 Å². The number of rotatable bonds is 13. The topological polar surface area (TPSA) is 43.4 Å². The van der Waals surface area contributed by atoms with E-state index in [4.69, 9.17) is 4.18 Å². The second-order valence-electron chi connectivity index (χ2n) is 6.22. The molecule has 5 heteroatoms. The van der Waals surface area contributed by atoms with Gasteiger partial charge in [0.25, 0.3) is 10.1 Å². The Kier molecular flexibility index (Phi) is 14.4. The Labute approximate surface area is 172 Å². The van der Waals surface area contributed by atoms with E-state index in [1.807, 2.05) is 6.07 Å². The molecule has 0 atom stereocenters. The Morgan fingerprint density at radius 3 is 1.92 bits per heavy atom. The molecule has 0 bridgehead atoms. The monoisotopic (exact) mass is 364 g/mol. The molecule has 1 rings (SSSR count). The van der Waals surface area contributed by atoms with Gasteiger partial charge in [-0.1, -0.05) is 82.9 Å². The minimum atomic E-state index is -3.60. The maximum absolute atomic E-state index is 12.1. The molecule has 0 fully saturated rings. The van der Waals surface area contributed by atoms with Gasteiger partial charge in [0.15, 0.2) is 0 Å². The van der Waals surface area contributed by atoms with Crippen LogP contribution >= 0.6 is 0 Å². The van der Waals surface area contributed by atoms with E-state index in [-0.39, 0.29) is 42.5 Å². The molecule has 3 nitrogen and oxygen atoms in total. The van der Waals surface area contributed by atoms with Crippen molar-refractivity contribution in [2.45, 2.75) is 83.0 Å². The van der Waals surface area contributed by atoms with Crippen molar-refractivity contribution in [2.24, 2.45) is 0 Å². The summed E-state index contributed by atoms with van der Waals surface area (Å²) in [6.45, 7) is 4.31. The Balaban J connectivity index is 0. The number of aryl methyl sites for hydroxylation is 1. The molecule has 0 spiro atoms. The Morgan fingerprint density at radius 2 is 1.38 bits per heavy atom. The van der Waals surface area contributed by atoms with Gasteiger partial charge >= 0.3 is 29.6 Å². The minimum absolute atomic E-state index is 0. The fourth-order valence-electron chi connectivity index (χ4n) is 2.66. The predicted molar refractivity (Wildman–Crippen MR) is 97.3 cm³/mol. The van der Waals surface area contributed by atoms with Crippen LogP contribution in [0.3, 0.4) is 0 Å². The van der Waals surface area contributed by atoms with E-state index < -0.39 is 10.1 Å². The Hall–Kier alpha value is 0.130. The van der Waals surface area contributed by atoms with Gasteiger partial charge in [-0.3, -0.25) is 4.18 Å². The first-order chi connectivity index (χ1) is 11.1. The Morgan fingerprint density at radius 1 is 0.875 bits per heavy atom. The average molecular weight is 365 g/mol. The molecule has 0 saturated carbocycles. The van der Waals surface area contributed by atoms with Gasteiger partial charge in [-0.2, -0.15) is 8.42 Å². The van der Waals surface area contributed by atoms with Crippen LogP contribution in [0.15, 0.2) is 29.2 Å². The van der Waals surface area contributed by atoms with Gasteiger partial charge in [0.05, 0.1) is 11.5 Å². The number of hydrogen-bond donors (Lipinski definition) is 0. The third-order valence-electron chi connectivity index (χ3n) is 4.10. The molecule has 0 aliphatic rings. The molecule has 0 aliphatic carbocycles. The summed E-state index contributed by atoms with van der Waals surface area (Å²) in [5.41, 5.74) is 0.732. The summed E-state index contributed by atoms with van der Waals surface area (Å²) < 4.78 is 29.3. The van der Waals surface area contributed by atoms with Crippen molar-refractivity contribution in [3.63, 3.8) is 0 Å². The first-order valence-corrected chi connectivity index (χ1v) is 10.4. The van der Waals surface area contributed by atoms with E-state index in [1.165, 1.54) is 51.4 Å². The summed E-state index contributed by atoms with van der Waals surface area (Å²) in [6.07, 6.45) is 12.3. The van der Waals surface area contributed by atoms with Crippen LogP contribution < -0.4 is 29.6 Å². The summed E-state index contributed by atoms with van der Waals surface area (Å²) in [4.78, 5) is 0.284. The van der Waals surface area contributed by atoms with E-state index in [9.17, 15) is 8.42 Å². The average Bonchev–Trinajstić information content (AvgIpc) is 2.53. The number of benzene rings is 1. The zero-order chi connectivity index (χ0) is 17.0. The number of unbranched alkanes of at least 4 members (excludes halogenated alkanes) is 9. The fraction of sp³-hybridized carbons (Fsp3) is 0.684. The molecule has 0 heterocycles. The van der Waals surface area contributed by atoms with Gasteiger partial charge in [-0.15, -0.1) is 0 Å². The fourth-order valence-corrected chi connectivity index (χ4v) is 3.83. The summed E-state index contributed by atoms with van der Waals surface area (Å²) >= 11 is 0. The van der Waals surface area contributed by atoms with Gasteiger partial charge in [0, 0.05) is 0 Å². The van der Waals surface area contributed by atoms with Crippen molar-refractivity contribution >= 4 is 10.1 Å². The van der Waals surface area contributed by atoms with Gasteiger partial charge in [0.1, 0.15) is 0 Å². The zero-order valence-corrected chi connectivity index (χ0v) is 18.5. The quantitative estimate of drug-likeness (QED) is 0.307. The molecule has 0 N–H and O–H groups in total. The molecule has 1 aromatic carbocycles. The van der Waals surface area contributed by atoms with Crippen LogP contribution in [0.4, 0.5) is 0 Å². The first-order valence-electron chi connectivity index (χ1n) is 9.03. The smallest absolute Gasteiger partial charge is 1.00 e. The molecule has 134 valence electrons. The second-order valence-corrected chi connectivity index (χ2v) is 7.81. The van der Waals surface area contributed by atoms with Gasteiger partial charge in [0.2, 0.25) is 0 Å². The van der Waals surface area contributed by atoms with Crippen LogP contribution in [-0.2, 0) is 14.3 Å². The normalized spacial score (nSPS) is 11.2. The largest absolute Gasteiger partial charge is 1.00 e. The van der Waals surface area contributed by atoms with Crippen LogP contribution in [0.1, 0.15) is 78.1 Å². The molecule has 0 radical (unpaired) electrons. The van der Waals surface area contributed by atoms with E-state index in [0.29, 0.717) is 0 Å². The third-order valence-corrected chi connectivity index (χ3v) is 5.57. The maximum Gasteiger partial charge on any atom is 1.00 e. The van der Waals surface area contributed by atoms with E-state index in [1.54, 1.807) is 25.1 Å². The van der Waals surface area contributed by atoms with Crippen LogP contribution in [0.25, 0.3) is 0 Å². The summed E-state index contributed by atoms with van der Waals surface area (Å²) in [5.74, 6) is 0. The van der Waals surface area contributed by atoms with Gasteiger partial charge in [-0.25, -0.2) is 0 Å². The first kappa shape index (κ1) is 24.1. The molecule has 0 unspecified atom stereocenters. The van der Waals surface area contributed by atoms with Crippen molar-refractivity contribution in [3.05, 3.63) is 29.8 Å². The van der Waals surface area contributed by atoms with Crippen LogP contribution in [0.5, 0.6) is 0 Å². The Bertz CT molecular complexity index is 535. The van der Waals surface area contributed by atoms with Crippen LogP contribution in [0, 0.1) is 6.92 Å². The van der Waals surface area contributed by atoms with Crippen molar-refractivity contribution in [3.8, 4) is 0 Å².